The Morgan fingerprint density at radius 3 is 2.94 bits per heavy atom. The number of anilines is 2. The molecule has 2 atom stereocenters. The summed E-state index contributed by atoms with van der Waals surface area (Å²) in [5, 5.41) is 6.68. The minimum Gasteiger partial charge on any atom is -0.366 e. The van der Waals surface area contributed by atoms with E-state index in [9.17, 15) is 0 Å². The number of nitrogens with two attached hydrogens (primary N) is 1. The Labute approximate surface area is 108 Å². The highest BCUT2D eigenvalue weighted by Gasteiger charge is 2.19. The van der Waals surface area contributed by atoms with Gasteiger partial charge in [-0.05, 0) is 26.9 Å². The van der Waals surface area contributed by atoms with Crippen LogP contribution in [0.5, 0.6) is 0 Å². The molecule has 0 bridgehead atoms. The van der Waals surface area contributed by atoms with Gasteiger partial charge >= 0.3 is 0 Å². The molecule has 1 aromatic heterocycles. The summed E-state index contributed by atoms with van der Waals surface area (Å²) in [5.41, 5.74) is 5.58. The van der Waals surface area contributed by atoms with E-state index in [1.807, 2.05) is 13.0 Å². The predicted octanol–water partition coefficient (Wildman–Crippen LogP) is 0.352. The molecule has 6 heteroatoms. The van der Waals surface area contributed by atoms with Gasteiger partial charge in [-0.15, -0.1) is 0 Å². The highest BCUT2D eigenvalue weighted by atomic mass is 15.2. The first-order chi connectivity index (χ1) is 8.67. The summed E-state index contributed by atoms with van der Waals surface area (Å²) in [5.74, 6) is 1.69. The highest BCUT2D eigenvalue weighted by molar-refractivity contribution is 5.47. The third kappa shape index (κ3) is 3.54. The molecule has 0 spiro atoms. The Hall–Kier alpha value is -1.40. The molecule has 1 fully saturated rings. The molecule has 2 rings (SSSR count). The molecular weight excluding hydrogens is 228 g/mol. The highest BCUT2D eigenvalue weighted by Crippen LogP contribution is 2.15. The molecule has 0 aliphatic carbocycles. The summed E-state index contributed by atoms with van der Waals surface area (Å²) in [6.07, 6.45) is 2.73. The normalized spacial score (nSPS) is 21.8. The number of nitrogens with one attached hydrogen (secondary N) is 2. The molecule has 0 radical (unpaired) electrons. The van der Waals surface area contributed by atoms with E-state index in [1.165, 1.54) is 0 Å². The first kappa shape index (κ1) is 13.0. The Kier molecular flexibility index (Phi) is 4.33. The zero-order chi connectivity index (χ0) is 13.0. The Balaban J connectivity index is 1.94. The molecule has 18 heavy (non-hydrogen) atoms. The van der Waals surface area contributed by atoms with E-state index in [-0.39, 0.29) is 6.04 Å². The van der Waals surface area contributed by atoms with E-state index in [1.54, 1.807) is 6.33 Å². The first-order valence-electron chi connectivity index (χ1n) is 6.41. The second-order valence-electron chi connectivity index (χ2n) is 4.96. The van der Waals surface area contributed by atoms with Gasteiger partial charge in [-0.2, -0.15) is 0 Å². The van der Waals surface area contributed by atoms with Crippen molar-refractivity contribution < 1.29 is 0 Å². The van der Waals surface area contributed by atoms with E-state index in [2.05, 4.69) is 32.5 Å². The van der Waals surface area contributed by atoms with Crippen LogP contribution < -0.4 is 16.4 Å². The summed E-state index contributed by atoms with van der Waals surface area (Å²) in [7, 11) is 2.14. The molecule has 0 amide bonds. The van der Waals surface area contributed by atoms with E-state index < -0.39 is 0 Å². The second kappa shape index (κ2) is 5.97. The van der Waals surface area contributed by atoms with Crippen molar-refractivity contribution >= 4 is 11.6 Å². The predicted molar refractivity (Wildman–Crippen MR) is 73.7 cm³/mol. The zero-order valence-corrected chi connectivity index (χ0v) is 11.1. The number of aromatic nitrogens is 2. The third-order valence-corrected chi connectivity index (χ3v) is 3.16. The molecule has 0 aromatic carbocycles. The molecule has 1 saturated heterocycles. The van der Waals surface area contributed by atoms with E-state index in [4.69, 9.17) is 5.73 Å². The number of likely N-dealkylation sites (N-methyl/N-ethyl adjacent to an activating group) is 1. The van der Waals surface area contributed by atoms with Gasteiger partial charge in [0.1, 0.15) is 18.0 Å². The van der Waals surface area contributed by atoms with E-state index >= 15 is 0 Å². The number of rotatable bonds is 5. The number of hydrogen-bond acceptors (Lipinski definition) is 6. The molecule has 2 unspecified atom stereocenters. The van der Waals surface area contributed by atoms with E-state index in [0.29, 0.717) is 12.6 Å². The van der Waals surface area contributed by atoms with Gasteiger partial charge < -0.3 is 21.3 Å². The van der Waals surface area contributed by atoms with Crippen LogP contribution in [0.4, 0.5) is 11.6 Å². The fourth-order valence-electron chi connectivity index (χ4n) is 2.09. The van der Waals surface area contributed by atoms with Gasteiger partial charge in [-0.1, -0.05) is 0 Å². The van der Waals surface area contributed by atoms with Crippen molar-refractivity contribution in [2.45, 2.75) is 25.4 Å². The van der Waals surface area contributed by atoms with Crippen LogP contribution in [0.2, 0.25) is 0 Å². The van der Waals surface area contributed by atoms with Gasteiger partial charge in [0.2, 0.25) is 0 Å². The molecule has 1 aliphatic rings. The van der Waals surface area contributed by atoms with Crippen molar-refractivity contribution in [3.63, 3.8) is 0 Å². The average Bonchev–Trinajstić information content (AvgIpc) is 2.75. The zero-order valence-electron chi connectivity index (χ0n) is 11.1. The second-order valence-corrected chi connectivity index (χ2v) is 4.96. The molecular formula is C12H22N6. The monoisotopic (exact) mass is 250 g/mol. The van der Waals surface area contributed by atoms with Crippen LogP contribution >= 0.6 is 0 Å². The summed E-state index contributed by atoms with van der Waals surface area (Å²) >= 11 is 0. The molecule has 6 nitrogen and oxygen atoms in total. The summed E-state index contributed by atoms with van der Waals surface area (Å²) < 4.78 is 0. The Bertz CT molecular complexity index is 383. The number of nitrogens with zero attached hydrogens (tertiary/aromatic N) is 3. The lowest BCUT2D eigenvalue weighted by Crippen LogP contribution is -2.26. The quantitative estimate of drug-likeness (QED) is 0.700. The summed E-state index contributed by atoms with van der Waals surface area (Å²) in [6.45, 7) is 4.81. The van der Waals surface area contributed by atoms with Crippen LogP contribution in [-0.4, -0.2) is 53.6 Å². The Morgan fingerprint density at radius 2 is 2.28 bits per heavy atom. The molecule has 1 aromatic rings. The van der Waals surface area contributed by atoms with Gasteiger partial charge in [0, 0.05) is 31.2 Å². The maximum Gasteiger partial charge on any atom is 0.131 e. The van der Waals surface area contributed by atoms with Crippen LogP contribution in [0.15, 0.2) is 12.4 Å². The maximum absolute atomic E-state index is 5.58. The molecule has 1 aliphatic heterocycles. The van der Waals surface area contributed by atoms with Crippen LogP contribution in [0.3, 0.4) is 0 Å². The van der Waals surface area contributed by atoms with Crippen molar-refractivity contribution in [2.24, 2.45) is 5.73 Å². The minimum absolute atomic E-state index is 0.213. The lowest BCUT2D eigenvalue weighted by molar-refractivity contribution is 0.414. The topological polar surface area (TPSA) is 79.1 Å². The first-order valence-corrected chi connectivity index (χ1v) is 6.41. The fourth-order valence-corrected chi connectivity index (χ4v) is 2.09. The average molecular weight is 250 g/mol. The number of hydrogen-bond donors (Lipinski definition) is 3. The van der Waals surface area contributed by atoms with E-state index in [0.717, 1.165) is 31.1 Å². The van der Waals surface area contributed by atoms with Gasteiger partial charge in [0.15, 0.2) is 0 Å². The van der Waals surface area contributed by atoms with Crippen LogP contribution in [0.1, 0.15) is 13.3 Å². The van der Waals surface area contributed by atoms with Gasteiger partial charge in [-0.25, -0.2) is 9.97 Å². The summed E-state index contributed by atoms with van der Waals surface area (Å²) in [4.78, 5) is 10.8. The largest absolute Gasteiger partial charge is 0.366 e. The summed E-state index contributed by atoms with van der Waals surface area (Å²) in [6, 6.07) is 2.62. The molecule has 4 N–H and O–H groups in total. The van der Waals surface area contributed by atoms with Crippen molar-refractivity contribution in [1.29, 1.82) is 0 Å². The fraction of sp³-hybridized carbons (Fsp3) is 0.667. The molecule has 100 valence electrons. The molecule has 2 heterocycles. The van der Waals surface area contributed by atoms with Crippen molar-refractivity contribution in [1.82, 2.24) is 14.9 Å². The maximum atomic E-state index is 5.58. The lowest BCUT2D eigenvalue weighted by Gasteiger charge is -2.15. The molecule has 0 saturated carbocycles. The van der Waals surface area contributed by atoms with Gasteiger partial charge in [-0.3, -0.25) is 0 Å². The van der Waals surface area contributed by atoms with Crippen LogP contribution in [0, 0.1) is 0 Å². The van der Waals surface area contributed by atoms with Gasteiger partial charge in [0.25, 0.3) is 0 Å². The van der Waals surface area contributed by atoms with Crippen molar-refractivity contribution in [3.05, 3.63) is 12.4 Å². The standard InChI is InChI=1S/C12H22N6/c1-9(6-13)16-11-5-12(15-8-14-11)17-10-3-4-18(2)7-10/h5,8-10H,3-4,6-7,13H2,1-2H3,(H2,14,15,16,17). The number of likely N-dealkylation sites (tertiary alicyclic amines) is 1. The van der Waals surface area contributed by atoms with Gasteiger partial charge in [0.05, 0.1) is 0 Å². The lowest BCUT2D eigenvalue weighted by atomic mass is 10.2. The minimum atomic E-state index is 0.213. The SMILES string of the molecule is CC(CN)Nc1cc(NC2CCN(C)C2)ncn1. The van der Waals surface area contributed by atoms with Crippen LogP contribution in [-0.2, 0) is 0 Å². The van der Waals surface area contributed by atoms with Crippen molar-refractivity contribution in [3.8, 4) is 0 Å². The van der Waals surface area contributed by atoms with Crippen molar-refractivity contribution in [2.75, 3.05) is 37.3 Å². The third-order valence-electron chi connectivity index (χ3n) is 3.16. The Morgan fingerprint density at radius 1 is 1.50 bits per heavy atom. The van der Waals surface area contributed by atoms with Crippen LogP contribution in [0.25, 0.3) is 0 Å². The smallest absolute Gasteiger partial charge is 0.131 e.